The highest BCUT2D eigenvalue weighted by Crippen LogP contribution is 2.14. The summed E-state index contributed by atoms with van der Waals surface area (Å²) in [5.41, 5.74) is 0. The Bertz CT molecular complexity index is 279. The Labute approximate surface area is 136 Å². The standard InChI is InChI=1S/C17H35N3O2/c1-3-4-5-6-10-19-17(18-2)20-11-7-12-22-15-16-8-13-21-14-9-16/h16H,3-15H2,1-2H3,(H2,18,19,20). The van der Waals surface area contributed by atoms with Crippen LogP contribution in [0.5, 0.6) is 0 Å². The molecular weight excluding hydrogens is 278 g/mol. The average Bonchev–Trinajstić information content (AvgIpc) is 2.56. The van der Waals surface area contributed by atoms with Crippen molar-refractivity contribution >= 4 is 5.96 Å². The molecule has 0 atom stereocenters. The van der Waals surface area contributed by atoms with Gasteiger partial charge in [-0.05, 0) is 31.6 Å². The predicted molar refractivity (Wildman–Crippen MR) is 92.5 cm³/mol. The summed E-state index contributed by atoms with van der Waals surface area (Å²) >= 11 is 0. The van der Waals surface area contributed by atoms with Gasteiger partial charge in [0.15, 0.2) is 5.96 Å². The van der Waals surface area contributed by atoms with Crippen LogP contribution >= 0.6 is 0 Å². The highest BCUT2D eigenvalue weighted by molar-refractivity contribution is 5.79. The van der Waals surface area contributed by atoms with Crippen LogP contribution < -0.4 is 10.6 Å². The molecule has 1 fully saturated rings. The molecule has 0 saturated carbocycles. The van der Waals surface area contributed by atoms with Gasteiger partial charge in [0.25, 0.3) is 0 Å². The van der Waals surface area contributed by atoms with E-state index >= 15 is 0 Å². The molecule has 1 rings (SSSR count). The third-order valence-corrected chi connectivity index (χ3v) is 4.00. The van der Waals surface area contributed by atoms with Crippen molar-refractivity contribution in [2.24, 2.45) is 10.9 Å². The average molecular weight is 313 g/mol. The topological polar surface area (TPSA) is 54.9 Å². The molecule has 1 saturated heterocycles. The van der Waals surface area contributed by atoms with Gasteiger partial charge >= 0.3 is 0 Å². The lowest BCUT2D eigenvalue weighted by atomic mass is 10.0. The molecule has 0 aromatic carbocycles. The van der Waals surface area contributed by atoms with Gasteiger partial charge in [-0.15, -0.1) is 0 Å². The molecule has 22 heavy (non-hydrogen) atoms. The normalized spacial score (nSPS) is 16.7. The van der Waals surface area contributed by atoms with Gasteiger partial charge in [-0.1, -0.05) is 26.2 Å². The number of hydrogen-bond acceptors (Lipinski definition) is 3. The van der Waals surface area contributed by atoms with Gasteiger partial charge in [0.2, 0.25) is 0 Å². The second-order valence-electron chi connectivity index (χ2n) is 5.97. The van der Waals surface area contributed by atoms with Crippen LogP contribution in [0.1, 0.15) is 51.9 Å². The number of rotatable bonds is 11. The molecular formula is C17H35N3O2. The minimum Gasteiger partial charge on any atom is -0.381 e. The molecule has 0 aromatic heterocycles. The summed E-state index contributed by atoms with van der Waals surface area (Å²) in [6.07, 6.45) is 8.40. The van der Waals surface area contributed by atoms with E-state index in [9.17, 15) is 0 Å². The third kappa shape index (κ3) is 10.0. The highest BCUT2D eigenvalue weighted by atomic mass is 16.5. The van der Waals surface area contributed by atoms with Crippen LogP contribution in [0, 0.1) is 5.92 Å². The fourth-order valence-electron chi connectivity index (χ4n) is 2.52. The Morgan fingerprint density at radius 1 is 1.09 bits per heavy atom. The minimum absolute atomic E-state index is 0.694. The van der Waals surface area contributed by atoms with Crippen LogP contribution in [0.25, 0.3) is 0 Å². The summed E-state index contributed by atoms with van der Waals surface area (Å²) in [5.74, 6) is 1.60. The van der Waals surface area contributed by atoms with E-state index in [1.54, 1.807) is 0 Å². The molecule has 0 spiro atoms. The van der Waals surface area contributed by atoms with Crippen LogP contribution in [0.15, 0.2) is 4.99 Å². The van der Waals surface area contributed by atoms with E-state index in [0.717, 1.165) is 64.7 Å². The summed E-state index contributed by atoms with van der Waals surface area (Å²) in [6, 6.07) is 0. The molecule has 0 aliphatic carbocycles. The predicted octanol–water partition coefficient (Wildman–Crippen LogP) is 2.57. The second kappa shape index (κ2) is 13.8. The number of aliphatic imine (C=N–C) groups is 1. The van der Waals surface area contributed by atoms with Crippen molar-refractivity contribution in [3.05, 3.63) is 0 Å². The van der Waals surface area contributed by atoms with Gasteiger partial charge in [-0.2, -0.15) is 0 Å². The van der Waals surface area contributed by atoms with E-state index < -0.39 is 0 Å². The quantitative estimate of drug-likeness (QED) is 0.350. The smallest absolute Gasteiger partial charge is 0.190 e. The molecule has 1 heterocycles. The number of guanidine groups is 1. The molecule has 0 unspecified atom stereocenters. The van der Waals surface area contributed by atoms with Crippen LogP contribution in [-0.2, 0) is 9.47 Å². The molecule has 2 N–H and O–H groups in total. The maximum atomic E-state index is 5.76. The summed E-state index contributed by atoms with van der Waals surface area (Å²) in [5, 5.41) is 6.69. The SMILES string of the molecule is CCCCCCNC(=NC)NCCCOCC1CCOCC1. The monoisotopic (exact) mass is 313 g/mol. The molecule has 5 nitrogen and oxygen atoms in total. The van der Waals surface area contributed by atoms with E-state index in [-0.39, 0.29) is 0 Å². The van der Waals surface area contributed by atoms with Crippen molar-refractivity contribution in [3.63, 3.8) is 0 Å². The fourth-order valence-corrected chi connectivity index (χ4v) is 2.52. The van der Waals surface area contributed by atoms with Gasteiger partial charge < -0.3 is 20.1 Å². The molecule has 1 aliphatic rings. The van der Waals surface area contributed by atoms with E-state index in [0.29, 0.717) is 5.92 Å². The largest absolute Gasteiger partial charge is 0.381 e. The Kier molecular flexibility index (Phi) is 12.1. The number of hydrogen-bond donors (Lipinski definition) is 2. The summed E-state index contributed by atoms with van der Waals surface area (Å²) < 4.78 is 11.1. The molecule has 130 valence electrons. The van der Waals surface area contributed by atoms with Crippen LogP contribution in [0.4, 0.5) is 0 Å². The zero-order chi connectivity index (χ0) is 15.9. The number of nitrogens with one attached hydrogen (secondary N) is 2. The number of nitrogens with zero attached hydrogens (tertiary/aromatic N) is 1. The molecule has 0 aromatic rings. The van der Waals surface area contributed by atoms with Crippen molar-refractivity contribution in [1.29, 1.82) is 0 Å². The zero-order valence-electron chi connectivity index (χ0n) is 14.5. The third-order valence-electron chi connectivity index (χ3n) is 4.00. The molecule has 1 aliphatic heterocycles. The molecule has 5 heteroatoms. The minimum atomic E-state index is 0.694. The maximum Gasteiger partial charge on any atom is 0.190 e. The van der Waals surface area contributed by atoms with E-state index in [1.807, 2.05) is 7.05 Å². The number of ether oxygens (including phenoxy) is 2. The summed E-state index contributed by atoms with van der Waals surface area (Å²) in [7, 11) is 1.82. The summed E-state index contributed by atoms with van der Waals surface area (Å²) in [4.78, 5) is 4.24. The van der Waals surface area contributed by atoms with Gasteiger partial charge in [-0.25, -0.2) is 0 Å². The second-order valence-corrected chi connectivity index (χ2v) is 5.97. The zero-order valence-corrected chi connectivity index (χ0v) is 14.5. The maximum absolute atomic E-state index is 5.76. The lowest BCUT2D eigenvalue weighted by Gasteiger charge is -2.21. The first-order valence-electron chi connectivity index (χ1n) is 8.96. The Hall–Kier alpha value is -0.810. The molecule has 0 bridgehead atoms. The van der Waals surface area contributed by atoms with Crippen molar-refractivity contribution < 1.29 is 9.47 Å². The Morgan fingerprint density at radius 3 is 2.50 bits per heavy atom. The van der Waals surface area contributed by atoms with Crippen molar-refractivity contribution in [2.75, 3.05) is 46.6 Å². The molecule has 0 amide bonds. The lowest BCUT2D eigenvalue weighted by Crippen LogP contribution is -2.38. The molecule has 0 radical (unpaired) electrons. The van der Waals surface area contributed by atoms with E-state index in [2.05, 4.69) is 22.5 Å². The van der Waals surface area contributed by atoms with Crippen LogP contribution in [0.2, 0.25) is 0 Å². The lowest BCUT2D eigenvalue weighted by molar-refractivity contribution is 0.0203. The number of unbranched alkanes of at least 4 members (excludes halogenated alkanes) is 3. The summed E-state index contributed by atoms with van der Waals surface area (Å²) in [6.45, 7) is 7.64. The highest BCUT2D eigenvalue weighted by Gasteiger charge is 2.13. The Balaban J connectivity index is 1.90. The van der Waals surface area contributed by atoms with Gasteiger partial charge in [0, 0.05) is 46.6 Å². The fraction of sp³-hybridized carbons (Fsp3) is 0.941. The van der Waals surface area contributed by atoms with Gasteiger partial charge in [-0.3, -0.25) is 4.99 Å². The first kappa shape index (κ1) is 19.2. The van der Waals surface area contributed by atoms with Crippen molar-refractivity contribution in [2.45, 2.75) is 51.9 Å². The first-order valence-corrected chi connectivity index (χ1v) is 8.96. The van der Waals surface area contributed by atoms with Gasteiger partial charge in [0.05, 0.1) is 0 Å². The first-order chi connectivity index (χ1) is 10.9. The van der Waals surface area contributed by atoms with Crippen LogP contribution in [0.3, 0.4) is 0 Å². The van der Waals surface area contributed by atoms with Crippen molar-refractivity contribution in [1.82, 2.24) is 10.6 Å². The van der Waals surface area contributed by atoms with E-state index in [4.69, 9.17) is 9.47 Å². The van der Waals surface area contributed by atoms with Crippen LogP contribution in [-0.4, -0.2) is 52.5 Å². The van der Waals surface area contributed by atoms with E-state index in [1.165, 1.54) is 25.7 Å². The van der Waals surface area contributed by atoms with Gasteiger partial charge in [0.1, 0.15) is 0 Å². The van der Waals surface area contributed by atoms with Crippen molar-refractivity contribution in [3.8, 4) is 0 Å². The Morgan fingerprint density at radius 2 is 1.82 bits per heavy atom.